The highest BCUT2D eigenvalue weighted by Gasteiger charge is 2.05. The van der Waals surface area contributed by atoms with E-state index in [0.29, 0.717) is 12.3 Å². The first kappa shape index (κ1) is 14.4. The van der Waals surface area contributed by atoms with Gasteiger partial charge in [-0.25, -0.2) is 0 Å². The summed E-state index contributed by atoms with van der Waals surface area (Å²) in [5.41, 5.74) is 7.13. The minimum Gasteiger partial charge on any atom is -0.493 e. The van der Waals surface area contributed by atoms with E-state index in [1.54, 1.807) is 13.4 Å². The molecule has 0 saturated carbocycles. The number of hydrogen-bond donors (Lipinski definition) is 2. The van der Waals surface area contributed by atoms with Crippen molar-refractivity contribution in [1.29, 1.82) is 0 Å². The molecule has 0 spiro atoms. The van der Waals surface area contributed by atoms with Crippen LogP contribution >= 0.6 is 0 Å². The molecule has 4 nitrogen and oxygen atoms in total. The van der Waals surface area contributed by atoms with Crippen LogP contribution in [0.25, 0.3) is 11.0 Å². The number of nitrogens with one attached hydrogen (secondary N) is 1. The van der Waals surface area contributed by atoms with Crippen LogP contribution in [0.1, 0.15) is 18.4 Å². The first-order valence-corrected chi connectivity index (χ1v) is 6.80. The van der Waals surface area contributed by atoms with Crippen molar-refractivity contribution in [2.75, 3.05) is 26.7 Å². The summed E-state index contributed by atoms with van der Waals surface area (Å²) in [7, 11) is 1.63. The third kappa shape index (κ3) is 3.77. The van der Waals surface area contributed by atoms with Crippen LogP contribution in [0, 0.1) is 11.8 Å². The van der Waals surface area contributed by atoms with Crippen molar-refractivity contribution in [1.82, 2.24) is 5.32 Å². The van der Waals surface area contributed by atoms with Crippen molar-refractivity contribution in [3.8, 4) is 17.6 Å². The average molecular weight is 272 g/mol. The van der Waals surface area contributed by atoms with Crippen LogP contribution in [-0.2, 0) is 0 Å². The third-order valence-electron chi connectivity index (χ3n) is 2.99. The van der Waals surface area contributed by atoms with E-state index in [1.165, 1.54) is 0 Å². The van der Waals surface area contributed by atoms with Crippen molar-refractivity contribution < 1.29 is 9.15 Å². The molecule has 3 N–H and O–H groups in total. The molecule has 1 heterocycles. The van der Waals surface area contributed by atoms with Crippen LogP contribution in [0.4, 0.5) is 0 Å². The van der Waals surface area contributed by atoms with Gasteiger partial charge in [-0.3, -0.25) is 0 Å². The Kier molecular flexibility index (Phi) is 5.48. The van der Waals surface area contributed by atoms with Crippen molar-refractivity contribution in [2.45, 2.75) is 12.8 Å². The van der Waals surface area contributed by atoms with E-state index in [2.05, 4.69) is 17.2 Å². The van der Waals surface area contributed by atoms with Gasteiger partial charge in [0.05, 0.1) is 19.9 Å². The molecule has 1 aromatic carbocycles. The fourth-order valence-corrected chi connectivity index (χ4v) is 1.96. The maximum Gasteiger partial charge on any atom is 0.175 e. The van der Waals surface area contributed by atoms with Gasteiger partial charge >= 0.3 is 0 Å². The summed E-state index contributed by atoms with van der Waals surface area (Å²) in [4.78, 5) is 0. The van der Waals surface area contributed by atoms with Gasteiger partial charge in [-0.2, -0.15) is 0 Å². The van der Waals surface area contributed by atoms with Crippen LogP contribution in [0.2, 0.25) is 0 Å². The van der Waals surface area contributed by atoms with Gasteiger partial charge in [-0.1, -0.05) is 11.8 Å². The zero-order chi connectivity index (χ0) is 14.2. The second kappa shape index (κ2) is 7.59. The zero-order valence-electron chi connectivity index (χ0n) is 11.7. The summed E-state index contributed by atoms with van der Waals surface area (Å²) < 4.78 is 10.7. The molecule has 4 heteroatoms. The van der Waals surface area contributed by atoms with Gasteiger partial charge in [0.25, 0.3) is 0 Å². The van der Waals surface area contributed by atoms with E-state index in [9.17, 15) is 0 Å². The molecule has 0 unspecified atom stereocenters. The van der Waals surface area contributed by atoms with Crippen LogP contribution in [0.5, 0.6) is 5.75 Å². The van der Waals surface area contributed by atoms with Crippen LogP contribution in [-0.4, -0.2) is 26.7 Å². The first-order chi connectivity index (χ1) is 9.85. The quantitative estimate of drug-likeness (QED) is 0.624. The third-order valence-corrected chi connectivity index (χ3v) is 2.99. The molecule has 20 heavy (non-hydrogen) atoms. The van der Waals surface area contributed by atoms with Crippen LogP contribution in [0.3, 0.4) is 0 Å². The molecular formula is C16H20N2O2. The van der Waals surface area contributed by atoms with E-state index >= 15 is 0 Å². The standard InChI is InChI=1S/C16H20N2O2/c1-19-15-12-13(11-14-6-10-20-16(14)15)5-4-9-18-8-3-2-7-17/h6,10-12,18H,2-3,7-9,17H2,1H3. The number of benzene rings is 1. The Hall–Kier alpha value is -1.96. The number of fused-ring (bicyclic) bond motifs is 1. The Morgan fingerprint density at radius 2 is 2.25 bits per heavy atom. The van der Waals surface area contributed by atoms with Crippen molar-refractivity contribution in [2.24, 2.45) is 5.73 Å². The predicted octanol–water partition coefficient (Wildman–Crippen LogP) is 2.12. The Bertz CT molecular complexity index is 608. The molecule has 0 fully saturated rings. The number of rotatable bonds is 6. The van der Waals surface area contributed by atoms with Gasteiger partial charge in [0.1, 0.15) is 0 Å². The smallest absolute Gasteiger partial charge is 0.175 e. The van der Waals surface area contributed by atoms with E-state index in [4.69, 9.17) is 14.9 Å². The zero-order valence-corrected chi connectivity index (χ0v) is 11.7. The number of furan rings is 1. The normalized spacial score (nSPS) is 10.3. The topological polar surface area (TPSA) is 60.4 Å². The molecule has 0 aliphatic rings. The number of methoxy groups -OCH3 is 1. The predicted molar refractivity (Wildman–Crippen MR) is 80.8 cm³/mol. The fraction of sp³-hybridized carbons (Fsp3) is 0.375. The molecule has 106 valence electrons. The van der Waals surface area contributed by atoms with Gasteiger partial charge in [0, 0.05) is 10.9 Å². The van der Waals surface area contributed by atoms with Gasteiger partial charge in [-0.05, 0) is 44.1 Å². The monoisotopic (exact) mass is 272 g/mol. The lowest BCUT2D eigenvalue weighted by Crippen LogP contribution is -2.16. The summed E-state index contributed by atoms with van der Waals surface area (Å²) in [6, 6.07) is 5.81. The maximum atomic E-state index is 5.43. The second-order valence-corrected chi connectivity index (χ2v) is 4.49. The lowest BCUT2D eigenvalue weighted by Gasteiger charge is -2.01. The summed E-state index contributed by atoms with van der Waals surface area (Å²) in [5, 5.41) is 4.28. The first-order valence-electron chi connectivity index (χ1n) is 6.80. The Morgan fingerprint density at radius 3 is 3.05 bits per heavy atom. The molecule has 0 amide bonds. The fourth-order valence-electron chi connectivity index (χ4n) is 1.96. The highest BCUT2D eigenvalue weighted by molar-refractivity contribution is 5.84. The minimum absolute atomic E-state index is 0.677. The van der Waals surface area contributed by atoms with Gasteiger partial charge in [-0.15, -0.1) is 0 Å². The number of nitrogens with two attached hydrogens (primary N) is 1. The summed E-state index contributed by atoms with van der Waals surface area (Å²) in [6.45, 7) is 2.38. The molecule has 2 aromatic rings. The van der Waals surface area contributed by atoms with E-state index in [-0.39, 0.29) is 0 Å². The summed E-state index contributed by atoms with van der Waals surface area (Å²) in [5.74, 6) is 6.96. The highest BCUT2D eigenvalue weighted by Crippen LogP contribution is 2.27. The van der Waals surface area contributed by atoms with Crippen LogP contribution in [0.15, 0.2) is 28.9 Å². The van der Waals surface area contributed by atoms with E-state index in [1.807, 2.05) is 18.2 Å². The molecule has 0 aliphatic heterocycles. The van der Waals surface area contributed by atoms with Gasteiger partial charge in [0.15, 0.2) is 11.3 Å². The van der Waals surface area contributed by atoms with Gasteiger partial charge < -0.3 is 20.2 Å². The lowest BCUT2D eigenvalue weighted by molar-refractivity contribution is 0.410. The van der Waals surface area contributed by atoms with Crippen molar-refractivity contribution >= 4 is 11.0 Å². The molecule has 0 saturated heterocycles. The number of ether oxygens (including phenoxy) is 1. The molecule has 0 radical (unpaired) electrons. The Labute approximate surface area is 119 Å². The van der Waals surface area contributed by atoms with Gasteiger partial charge in [0.2, 0.25) is 0 Å². The largest absolute Gasteiger partial charge is 0.493 e. The SMILES string of the molecule is COc1cc(C#CCNCCCCN)cc2ccoc12. The molecule has 0 bridgehead atoms. The van der Waals surface area contributed by atoms with E-state index in [0.717, 1.165) is 42.5 Å². The van der Waals surface area contributed by atoms with Crippen molar-refractivity contribution in [3.63, 3.8) is 0 Å². The molecule has 1 aromatic heterocycles. The van der Waals surface area contributed by atoms with Crippen LogP contribution < -0.4 is 15.8 Å². The summed E-state index contributed by atoms with van der Waals surface area (Å²) in [6.07, 6.45) is 3.80. The minimum atomic E-state index is 0.677. The molecule has 0 aliphatic carbocycles. The average Bonchev–Trinajstić information content (AvgIpc) is 2.93. The second-order valence-electron chi connectivity index (χ2n) is 4.49. The maximum absolute atomic E-state index is 5.43. The summed E-state index contributed by atoms with van der Waals surface area (Å²) >= 11 is 0. The van der Waals surface area contributed by atoms with Crippen molar-refractivity contribution in [3.05, 3.63) is 30.0 Å². The Morgan fingerprint density at radius 1 is 1.35 bits per heavy atom. The lowest BCUT2D eigenvalue weighted by atomic mass is 10.1. The Balaban J connectivity index is 1.96. The molecular weight excluding hydrogens is 252 g/mol. The van der Waals surface area contributed by atoms with E-state index < -0.39 is 0 Å². The number of hydrogen-bond acceptors (Lipinski definition) is 4. The molecule has 0 atom stereocenters. The molecule has 2 rings (SSSR count). The number of unbranched alkanes of at least 4 members (excludes halogenated alkanes) is 1. The highest BCUT2D eigenvalue weighted by atomic mass is 16.5.